The predicted octanol–water partition coefficient (Wildman–Crippen LogP) is 2.95. The van der Waals surface area contributed by atoms with Gasteiger partial charge in [-0.2, -0.15) is 0 Å². The number of rotatable bonds is 7. The van der Waals surface area contributed by atoms with E-state index >= 15 is 0 Å². The van der Waals surface area contributed by atoms with Crippen LogP contribution in [0.25, 0.3) is 0 Å². The van der Waals surface area contributed by atoms with Crippen molar-refractivity contribution in [1.29, 1.82) is 0 Å². The summed E-state index contributed by atoms with van der Waals surface area (Å²) in [5.74, 6) is 0.759. The Hall–Kier alpha value is -1.55. The third-order valence-electron chi connectivity index (χ3n) is 3.60. The number of hydrogen-bond acceptors (Lipinski definition) is 3. The summed E-state index contributed by atoms with van der Waals surface area (Å²) >= 11 is 0. The quantitative estimate of drug-likeness (QED) is 0.805. The zero-order valence-electron chi connectivity index (χ0n) is 12.2. The highest BCUT2D eigenvalue weighted by atomic mass is 16.5. The van der Waals surface area contributed by atoms with E-state index in [-0.39, 0.29) is 5.91 Å². The van der Waals surface area contributed by atoms with Crippen molar-refractivity contribution in [2.45, 2.75) is 45.1 Å². The molecule has 20 heavy (non-hydrogen) atoms. The van der Waals surface area contributed by atoms with Crippen LogP contribution >= 0.6 is 0 Å². The number of nitrogens with one attached hydrogen (secondary N) is 2. The maximum Gasteiger partial charge on any atom is 0.225 e. The van der Waals surface area contributed by atoms with Crippen molar-refractivity contribution < 1.29 is 9.53 Å². The van der Waals surface area contributed by atoms with Gasteiger partial charge in [0, 0.05) is 19.0 Å². The Labute approximate surface area is 120 Å². The fourth-order valence-corrected chi connectivity index (χ4v) is 2.58. The Bertz CT molecular complexity index is 428. The molecule has 2 N–H and O–H groups in total. The van der Waals surface area contributed by atoms with Crippen molar-refractivity contribution in [2.24, 2.45) is 0 Å². The molecule has 1 amide bonds. The van der Waals surface area contributed by atoms with Crippen LogP contribution in [0.5, 0.6) is 5.75 Å². The minimum absolute atomic E-state index is 0.0302. The Morgan fingerprint density at radius 3 is 2.80 bits per heavy atom. The zero-order valence-corrected chi connectivity index (χ0v) is 12.2. The van der Waals surface area contributed by atoms with E-state index in [0.717, 1.165) is 18.0 Å². The van der Waals surface area contributed by atoms with Crippen LogP contribution in [-0.2, 0) is 4.79 Å². The van der Waals surface area contributed by atoms with Crippen LogP contribution in [0.4, 0.5) is 5.69 Å². The molecule has 0 aliphatic heterocycles. The summed E-state index contributed by atoms with van der Waals surface area (Å²) in [4.78, 5) is 11.9. The largest absolute Gasteiger partial charge is 0.492 e. The molecular formula is C16H24N2O2. The number of carbonyl (C=O) groups excluding carboxylic acids is 1. The van der Waals surface area contributed by atoms with Crippen molar-refractivity contribution in [3.63, 3.8) is 0 Å². The molecule has 0 spiro atoms. The van der Waals surface area contributed by atoms with E-state index in [4.69, 9.17) is 4.74 Å². The molecule has 0 saturated heterocycles. The molecule has 1 aliphatic carbocycles. The molecule has 1 aromatic carbocycles. The van der Waals surface area contributed by atoms with Crippen molar-refractivity contribution >= 4 is 11.6 Å². The average molecular weight is 276 g/mol. The second kappa shape index (κ2) is 7.90. The summed E-state index contributed by atoms with van der Waals surface area (Å²) < 4.78 is 5.49. The molecular weight excluding hydrogens is 252 g/mol. The first-order valence-corrected chi connectivity index (χ1v) is 7.54. The molecule has 2 rings (SSSR count). The number of para-hydroxylation sites is 2. The van der Waals surface area contributed by atoms with Gasteiger partial charge >= 0.3 is 0 Å². The highest BCUT2D eigenvalue weighted by Crippen LogP contribution is 2.23. The Morgan fingerprint density at radius 2 is 2.05 bits per heavy atom. The van der Waals surface area contributed by atoms with Crippen molar-refractivity contribution in [2.75, 3.05) is 18.5 Å². The number of hydrogen-bond donors (Lipinski definition) is 2. The SMILES string of the molecule is CCOc1ccccc1NC(=O)CCNC1CCCC1. The summed E-state index contributed by atoms with van der Waals surface area (Å²) in [6.07, 6.45) is 5.61. The summed E-state index contributed by atoms with van der Waals surface area (Å²) in [6, 6.07) is 8.15. The second-order valence-corrected chi connectivity index (χ2v) is 5.16. The van der Waals surface area contributed by atoms with Gasteiger partial charge in [-0.25, -0.2) is 0 Å². The fourth-order valence-electron chi connectivity index (χ4n) is 2.58. The predicted molar refractivity (Wildman–Crippen MR) is 81.1 cm³/mol. The van der Waals surface area contributed by atoms with Crippen molar-refractivity contribution in [1.82, 2.24) is 5.32 Å². The van der Waals surface area contributed by atoms with Crippen molar-refractivity contribution in [3.05, 3.63) is 24.3 Å². The van der Waals surface area contributed by atoms with Gasteiger partial charge in [0.25, 0.3) is 0 Å². The minimum Gasteiger partial charge on any atom is -0.492 e. The molecule has 0 unspecified atom stereocenters. The molecule has 0 atom stereocenters. The number of amides is 1. The second-order valence-electron chi connectivity index (χ2n) is 5.16. The van der Waals surface area contributed by atoms with E-state index in [0.29, 0.717) is 19.1 Å². The lowest BCUT2D eigenvalue weighted by molar-refractivity contribution is -0.116. The molecule has 0 heterocycles. The molecule has 4 nitrogen and oxygen atoms in total. The lowest BCUT2D eigenvalue weighted by Crippen LogP contribution is -2.29. The maximum atomic E-state index is 11.9. The van der Waals surface area contributed by atoms with Crippen LogP contribution in [-0.4, -0.2) is 25.1 Å². The topological polar surface area (TPSA) is 50.4 Å². The first-order valence-electron chi connectivity index (χ1n) is 7.54. The van der Waals surface area contributed by atoms with Gasteiger partial charge in [-0.15, -0.1) is 0 Å². The number of benzene rings is 1. The summed E-state index contributed by atoms with van der Waals surface area (Å²) in [5.41, 5.74) is 0.750. The lowest BCUT2D eigenvalue weighted by atomic mass is 10.2. The highest BCUT2D eigenvalue weighted by molar-refractivity contribution is 5.92. The van der Waals surface area contributed by atoms with Crippen LogP contribution in [0.1, 0.15) is 39.0 Å². The molecule has 110 valence electrons. The number of anilines is 1. The third kappa shape index (κ3) is 4.53. The van der Waals surface area contributed by atoms with Gasteiger partial charge in [-0.3, -0.25) is 4.79 Å². The van der Waals surface area contributed by atoms with E-state index in [2.05, 4.69) is 10.6 Å². The Morgan fingerprint density at radius 1 is 1.30 bits per heavy atom. The maximum absolute atomic E-state index is 11.9. The smallest absolute Gasteiger partial charge is 0.225 e. The monoisotopic (exact) mass is 276 g/mol. The average Bonchev–Trinajstić information content (AvgIpc) is 2.94. The fraction of sp³-hybridized carbons (Fsp3) is 0.562. The standard InChI is InChI=1S/C16H24N2O2/c1-2-20-15-10-6-5-9-14(15)18-16(19)11-12-17-13-7-3-4-8-13/h5-6,9-10,13,17H,2-4,7-8,11-12H2,1H3,(H,18,19). The van der Waals surface area contributed by atoms with Crippen molar-refractivity contribution in [3.8, 4) is 5.75 Å². The van der Waals surface area contributed by atoms with Gasteiger partial charge in [-0.05, 0) is 31.9 Å². The van der Waals surface area contributed by atoms with Gasteiger partial charge < -0.3 is 15.4 Å². The Kier molecular flexibility index (Phi) is 5.87. The zero-order chi connectivity index (χ0) is 14.2. The van der Waals surface area contributed by atoms with Crippen LogP contribution in [0, 0.1) is 0 Å². The van der Waals surface area contributed by atoms with Gasteiger partial charge in [0.2, 0.25) is 5.91 Å². The van der Waals surface area contributed by atoms with E-state index in [1.807, 2.05) is 31.2 Å². The molecule has 0 bridgehead atoms. The Balaban J connectivity index is 1.75. The summed E-state index contributed by atoms with van der Waals surface area (Å²) in [6.45, 7) is 3.27. The van der Waals surface area contributed by atoms with Gasteiger partial charge in [0.15, 0.2) is 0 Å². The van der Waals surface area contributed by atoms with Crippen LogP contribution < -0.4 is 15.4 Å². The molecule has 1 aliphatic rings. The van der Waals surface area contributed by atoms with Crippen LogP contribution in [0.3, 0.4) is 0 Å². The van der Waals surface area contributed by atoms with Gasteiger partial charge in [0.05, 0.1) is 12.3 Å². The first kappa shape index (κ1) is 14.9. The molecule has 1 saturated carbocycles. The normalized spacial score (nSPS) is 15.2. The minimum atomic E-state index is 0.0302. The first-order chi connectivity index (χ1) is 9.79. The summed E-state index contributed by atoms with van der Waals surface area (Å²) in [7, 11) is 0. The molecule has 0 radical (unpaired) electrons. The molecule has 1 fully saturated rings. The van der Waals surface area contributed by atoms with Gasteiger partial charge in [-0.1, -0.05) is 25.0 Å². The molecule has 4 heteroatoms. The van der Waals surface area contributed by atoms with E-state index in [1.54, 1.807) is 0 Å². The highest BCUT2D eigenvalue weighted by Gasteiger charge is 2.14. The van der Waals surface area contributed by atoms with Crippen LogP contribution in [0.2, 0.25) is 0 Å². The lowest BCUT2D eigenvalue weighted by Gasteiger charge is -2.13. The molecule has 1 aromatic rings. The van der Waals surface area contributed by atoms with Crippen LogP contribution in [0.15, 0.2) is 24.3 Å². The van der Waals surface area contributed by atoms with E-state index in [1.165, 1.54) is 25.7 Å². The number of carbonyl (C=O) groups is 1. The summed E-state index contributed by atoms with van der Waals surface area (Å²) in [5, 5.41) is 6.36. The third-order valence-corrected chi connectivity index (χ3v) is 3.60. The number of ether oxygens (including phenoxy) is 1. The van der Waals surface area contributed by atoms with Gasteiger partial charge in [0.1, 0.15) is 5.75 Å². The van der Waals surface area contributed by atoms with E-state index < -0.39 is 0 Å². The molecule has 0 aromatic heterocycles. The van der Waals surface area contributed by atoms with E-state index in [9.17, 15) is 4.79 Å².